The van der Waals surface area contributed by atoms with Crippen LogP contribution in [0.1, 0.15) is 32.6 Å². The summed E-state index contributed by atoms with van der Waals surface area (Å²) in [5, 5.41) is 0. The summed E-state index contributed by atoms with van der Waals surface area (Å²) in [7, 11) is 0. The fourth-order valence-electron chi connectivity index (χ4n) is 1.39. The molecule has 0 aromatic heterocycles. The minimum absolute atomic E-state index is 0.341. The zero-order valence-corrected chi connectivity index (χ0v) is 7.58. The van der Waals surface area contributed by atoms with Crippen molar-refractivity contribution in [1.82, 2.24) is 0 Å². The van der Waals surface area contributed by atoms with E-state index in [1.165, 1.54) is 12.8 Å². The van der Waals surface area contributed by atoms with Crippen LogP contribution in [0.4, 0.5) is 0 Å². The van der Waals surface area contributed by atoms with E-state index in [0.717, 1.165) is 19.1 Å². The maximum absolute atomic E-state index is 10.4. The third-order valence-corrected chi connectivity index (χ3v) is 2.20. The van der Waals surface area contributed by atoms with E-state index >= 15 is 0 Å². The monoisotopic (exact) mass is 171 g/mol. The predicted molar refractivity (Wildman–Crippen MR) is 46.9 cm³/mol. The highest BCUT2D eigenvalue weighted by Gasteiger charge is 2.22. The van der Waals surface area contributed by atoms with Gasteiger partial charge in [-0.05, 0) is 19.8 Å². The van der Waals surface area contributed by atoms with E-state index in [4.69, 9.17) is 10.5 Å². The van der Waals surface area contributed by atoms with Crippen LogP contribution in [-0.2, 0) is 9.53 Å². The predicted octanol–water partition coefficient (Wildman–Crippen LogP) is 0.862. The van der Waals surface area contributed by atoms with Gasteiger partial charge in [-0.3, -0.25) is 0 Å². The first kappa shape index (κ1) is 9.68. The van der Waals surface area contributed by atoms with Gasteiger partial charge in [0, 0.05) is 0 Å². The molecule has 0 bridgehead atoms. The number of hydrogen-bond acceptors (Lipinski definition) is 3. The van der Waals surface area contributed by atoms with Gasteiger partial charge in [-0.15, -0.1) is 0 Å². The third-order valence-electron chi connectivity index (χ3n) is 2.20. The smallest absolute Gasteiger partial charge is 0.141 e. The van der Waals surface area contributed by atoms with Gasteiger partial charge in [0.1, 0.15) is 6.29 Å². The van der Waals surface area contributed by atoms with E-state index in [9.17, 15) is 4.79 Å². The van der Waals surface area contributed by atoms with Crippen LogP contribution in [0.2, 0.25) is 0 Å². The van der Waals surface area contributed by atoms with E-state index in [2.05, 4.69) is 0 Å². The van der Waals surface area contributed by atoms with Crippen molar-refractivity contribution in [2.45, 2.75) is 44.2 Å². The molecule has 70 valence electrons. The van der Waals surface area contributed by atoms with Crippen LogP contribution >= 0.6 is 0 Å². The molecular formula is C9H17NO2. The topological polar surface area (TPSA) is 52.3 Å². The first-order valence-corrected chi connectivity index (χ1v) is 4.51. The Bertz CT molecular complexity index is 151. The standard InChI is InChI=1S/C9H17NO2/c1-9(10,6-11)7-12-8-4-2-3-5-8/h6,8H,2-5,7,10H2,1H3. The number of ether oxygens (including phenoxy) is 1. The molecule has 0 saturated heterocycles. The van der Waals surface area contributed by atoms with E-state index in [0.29, 0.717) is 12.7 Å². The van der Waals surface area contributed by atoms with E-state index in [1.807, 2.05) is 0 Å². The van der Waals surface area contributed by atoms with Gasteiger partial charge in [0.25, 0.3) is 0 Å². The summed E-state index contributed by atoms with van der Waals surface area (Å²) in [6.07, 6.45) is 5.82. The molecule has 0 aromatic carbocycles. The van der Waals surface area contributed by atoms with E-state index < -0.39 is 5.54 Å². The molecule has 12 heavy (non-hydrogen) atoms. The second kappa shape index (κ2) is 4.01. The Hall–Kier alpha value is -0.410. The van der Waals surface area contributed by atoms with Crippen molar-refractivity contribution in [3.05, 3.63) is 0 Å². The Balaban J connectivity index is 2.19. The SMILES string of the molecule is CC(N)(C=O)COC1CCCC1. The van der Waals surface area contributed by atoms with Gasteiger partial charge in [0.15, 0.2) is 0 Å². The Labute approximate surface area is 73.3 Å². The Kier molecular flexibility index (Phi) is 3.23. The molecule has 1 unspecified atom stereocenters. The molecule has 1 rings (SSSR count). The summed E-state index contributed by atoms with van der Waals surface area (Å²) >= 11 is 0. The average Bonchev–Trinajstić information content (AvgIpc) is 2.53. The summed E-state index contributed by atoms with van der Waals surface area (Å²) < 4.78 is 5.50. The van der Waals surface area contributed by atoms with Gasteiger partial charge in [-0.2, -0.15) is 0 Å². The molecule has 0 aliphatic heterocycles. The molecule has 2 N–H and O–H groups in total. The first-order chi connectivity index (χ1) is 5.64. The molecule has 0 amide bonds. The fraction of sp³-hybridized carbons (Fsp3) is 0.889. The van der Waals surface area contributed by atoms with Crippen LogP contribution in [0.25, 0.3) is 0 Å². The number of aldehydes is 1. The molecule has 0 radical (unpaired) electrons. The molecule has 1 aliphatic carbocycles. The largest absolute Gasteiger partial charge is 0.376 e. The van der Waals surface area contributed by atoms with Gasteiger partial charge >= 0.3 is 0 Å². The Morgan fingerprint density at radius 2 is 2.17 bits per heavy atom. The Morgan fingerprint density at radius 1 is 1.58 bits per heavy atom. The van der Waals surface area contributed by atoms with Gasteiger partial charge in [-0.1, -0.05) is 12.8 Å². The third kappa shape index (κ3) is 2.91. The molecule has 1 saturated carbocycles. The van der Waals surface area contributed by atoms with Gasteiger partial charge in [0.05, 0.1) is 18.2 Å². The zero-order chi connectivity index (χ0) is 9.03. The van der Waals surface area contributed by atoms with E-state index in [-0.39, 0.29) is 0 Å². The van der Waals surface area contributed by atoms with Crippen molar-refractivity contribution in [2.24, 2.45) is 5.73 Å². The van der Waals surface area contributed by atoms with Crippen LogP contribution in [-0.4, -0.2) is 24.5 Å². The average molecular weight is 171 g/mol. The van der Waals surface area contributed by atoms with Crippen LogP contribution in [0.5, 0.6) is 0 Å². The van der Waals surface area contributed by atoms with Crippen LogP contribution in [0, 0.1) is 0 Å². The lowest BCUT2D eigenvalue weighted by Gasteiger charge is -2.19. The second-order valence-electron chi connectivity index (χ2n) is 3.84. The molecule has 3 nitrogen and oxygen atoms in total. The van der Waals surface area contributed by atoms with Crippen molar-refractivity contribution in [3.63, 3.8) is 0 Å². The van der Waals surface area contributed by atoms with Gasteiger partial charge in [0.2, 0.25) is 0 Å². The molecule has 1 aliphatic rings. The minimum Gasteiger partial charge on any atom is -0.376 e. The van der Waals surface area contributed by atoms with Crippen LogP contribution in [0.15, 0.2) is 0 Å². The highest BCUT2D eigenvalue weighted by Crippen LogP contribution is 2.21. The number of rotatable bonds is 4. The number of carbonyl (C=O) groups is 1. The normalized spacial score (nSPS) is 23.8. The van der Waals surface area contributed by atoms with Crippen molar-refractivity contribution in [1.29, 1.82) is 0 Å². The summed E-state index contributed by atoms with van der Waals surface area (Å²) in [6.45, 7) is 2.04. The van der Waals surface area contributed by atoms with E-state index in [1.54, 1.807) is 6.92 Å². The highest BCUT2D eigenvalue weighted by atomic mass is 16.5. The molecule has 0 spiro atoms. The van der Waals surface area contributed by atoms with Crippen molar-refractivity contribution in [3.8, 4) is 0 Å². The summed E-state index contributed by atoms with van der Waals surface area (Å²) in [4.78, 5) is 10.4. The molecule has 1 atom stereocenters. The lowest BCUT2D eigenvalue weighted by Crippen LogP contribution is -2.43. The molecule has 3 heteroatoms. The quantitative estimate of drug-likeness (QED) is 0.638. The maximum atomic E-state index is 10.4. The van der Waals surface area contributed by atoms with Crippen LogP contribution < -0.4 is 5.73 Å². The van der Waals surface area contributed by atoms with Gasteiger partial charge < -0.3 is 15.3 Å². The highest BCUT2D eigenvalue weighted by molar-refractivity contribution is 5.63. The van der Waals surface area contributed by atoms with Crippen LogP contribution in [0.3, 0.4) is 0 Å². The second-order valence-corrected chi connectivity index (χ2v) is 3.84. The molecule has 0 heterocycles. The minimum atomic E-state index is -0.803. The first-order valence-electron chi connectivity index (χ1n) is 4.51. The van der Waals surface area contributed by atoms with Gasteiger partial charge in [-0.25, -0.2) is 0 Å². The summed E-state index contributed by atoms with van der Waals surface area (Å²) in [6, 6.07) is 0. The summed E-state index contributed by atoms with van der Waals surface area (Å²) in [5.74, 6) is 0. The lowest BCUT2D eigenvalue weighted by molar-refractivity contribution is -0.114. The Morgan fingerprint density at radius 3 is 2.67 bits per heavy atom. The van der Waals surface area contributed by atoms with Crippen molar-refractivity contribution < 1.29 is 9.53 Å². The molecule has 0 aromatic rings. The lowest BCUT2D eigenvalue weighted by atomic mass is 10.1. The molecule has 1 fully saturated rings. The fourth-order valence-corrected chi connectivity index (χ4v) is 1.39. The van der Waals surface area contributed by atoms with Crippen molar-refractivity contribution in [2.75, 3.05) is 6.61 Å². The van der Waals surface area contributed by atoms with Crippen molar-refractivity contribution >= 4 is 6.29 Å². The zero-order valence-electron chi connectivity index (χ0n) is 7.58. The number of nitrogens with two attached hydrogens (primary N) is 1. The molecular weight excluding hydrogens is 154 g/mol. The number of hydrogen-bond donors (Lipinski definition) is 1. The summed E-state index contributed by atoms with van der Waals surface area (Å²) in [5.41, 5.74) is 4.80. The maximum Gasteiger partial charge on any atom is 0.141 e. The number of carbonyl (C=O) groups excluding carboxylic acids is 1.